The smallest absolute Gasteiger partial charge is 0.475 e. The number of hydrogen-bond donors (Lipinski definition) is 2. The maximum atomic E-state index is 10.6. The van der Waals surface area contributed by atoms with E-state index in [0.717, 1.165) is 16.9 Å². The molecule has 1 aromatic rings. The predicted octanol–water partition coefficient (Wildman–Crippen LogP) is 2.75. The van der Waals surface area contributed by atoms with Gasteiger partial charge in [0.15, 0.2) is 3.92 Å². The number of carboxylic acid groups (broad SMARTS) is 1. The molecule has 1 atom stereocenters. The van der Waals surface area contributed by atoms with Crippen molar-refractivity contribution < 1.29 is 23.1 Å². The zero-order valence-corrected chi connectivity index (χ0v) is 11.6. The quantitative estimate of drug-likeness (QED) is 0.758. The average molecular weight is 347 g/mol. The minimum atomic E-state index is -5.08. The van der Waals surface area contributed by atoms with Crippen molar-refractivity contribution in [2.45, 2.75) is 25.6 Å². The normalized spacial score (nSPS) is 18.6. The topological polar surface area (TPSA) is 62.2 Å². The van der Waals surface area contributed by atoms with Gasteiger partial charge in [0.1, 0.15) is 0 Å². The lowest BCUT2D eigenvalue weighted by atomic mass is 10.1. The van der Waals surface area contributed by atoms with E-state index in [1.807, 2.05) is 0 Å². The molecule has 1 aromatic heterocycles. The molecule has 1 aliphatic heterocycles. The molecule has 102 valence electrons. The summed E-state index contributed by atoms with van der Waals surface area (Å²) < 4.78 is 32.7. The number of aromatic nitrogens is 1. The fourth-order valence-corrected chi connectivity index (χ4v) is 2.95. The molecule has 0 aromatic carbocycles. The van der Waals surface area contributed by atoms with Crippen LogP contribution in [0, 0.1) is 0 Å². The maximum Gasteiger partial charge on any atom is 0.490 e. The van der Waals surface area contributed by atoms with E-state index in [-0.39, 0.29) is 0 Å². The number of rotatable bonds is 0. The van der Waals surface area contributed by atoms with Crippen molar-refractivity contribution in [1.29, 1.82) is 0 Å². The second-order valence-electron chi connectivity index (χ2n) is 3.51. The second-order valence-corrected chi connectivity index (χ2v) is 5.81. The fraction of sp³-hybridized carbons (Fsp3) is 0.556. The molecule has 0 unspecified atom stereocenters. The van der Waals surface area contributed by atoms with Crippen LogP contribution in [0.3, 0.4) is 0 Å². The van der Waals surface area contributed by atoms with Crippen molar-refractivity contribution >= 4 is 33.2 Å². The first kappa shape index (κ1) is 15.4. The van der Waals surface area contributed by atoms with Crippen molar-refractivity contribution in [3.63, 3.8) is 0 Å². The molecule has 0 radical (unpaired) electrons. The standard InChI is InChI=1S/C7H9BrN2S.C2HF3O2/c1-4-6-5(2-3-9-4)10-7(8)11-6;3-2(4,5)1(6)7/h4,9H,2-3H2,1H3;(H,6,7)/t4-;/m1./s1. The summed E-state index contributed by atoms with van der Waals surface area (Å²) in [6, 6.07) is 0.488. The van der Waals surface area contributed by atoms with Crippen molar-refractivity contribution in [3.8, 4) is 0 Å². The van der Waals surface area contributed by atoms with E-state index in [1.54, 1.807) is 11.3 Å². The molecule has 4 nitrogen and oxygen atoms in total. The van der Waals surface area contributed by atoms with Gasteiger partial charge < -0.3 is 10.4 Å². The highest BCUT2D eigenvalue weighted by atomic mass is 79.9. The summed E-state index contributed by atoms with van der Waals surface area (Å²) in [7, 11) is 0. The van der Waals surface area contributed by atoms with Crippen LogP contribution in [0.4, 0.5) is 13.2 Å². The molecule has 1 aliphatic rings. The van der Waals surface area contributed by atoms with E-state index < -0.39 is 12.1 Å². The molecule has 0 saturated carbocycles. The Hall–Kier alpha value is -0.670. The lowest BCUT2D eigenvalue weighted by Crippen LogP contribution is -2.26. The van der Waals surface area contributed by atoms with Crippen LogP contribution in [0.25, 0.3) is 0 Å². The van der Waals surface area contributed by atoms with Gasteiger partial charge in [0.2, 0.25) is 0 Å². The SMILES string of the molecule is C[C@H]1NCCc2nc(Br)sc21.O=C(O)C(F)(F)F. The number of fused-ring (bicyclic) bond motifs is 1. The first-order valence-corrected chi connectivity index (χ1v) is 6.51. The number of nitrogens with one attached hydrogen (secondary N) is 1. The largest absolute Gasteiger partial charge is 0.490 e. The summed E-state index contributed by atoms with van der Waals surface area (Å²) in [5, 5.41) is 10.5. The lowest BCUT2D eigenvalue weighted by molar-refractivity contribution is -0.192. The van der Waals surface area contributed by atoms with Gasteiger partial charge in [-0.25, -0.2) is 9.78 Å². The van der Waals surface area contributed by atoms with E-state index >= 15 is 0 Å². The zero-order valence-electron chi connectivity index (χ0n) is 9.21. The molecule has 2 rings (SSSR count). The minimum Gasteiger partial charge on any atom is -0.475 e. The van der Waals surface area contributed by atoms with Gasteiger partial charge in [-0.1, -0.05) is 0 Å². The number of thiazole rings is 1. The second kappa shape index (κ2) is 5.98. The van der Waals surface area contributed by atoms with Gasteiger partial charge in [0.05, 0.1) is 5.69 Å². The van der Waals surface area contributed by atoms with E-state index in [4.69, 9.17) is 9.90 Å². The number of hydrogen-bond acceptors (Lipinski definition) is 4. The predicted molar refractivity (Wildman–Crippen MR) is 63.6 cm³/mol. The molecular formula is C9H10BrF3N2O2S. The number of carbonyl (C=O) groups is 1. The molecule has 2 heterocycles. The monoisotopic (exact) mass is 346 g/mol. The van der Waals surface area contributed by atoms with E-state index in [1.165, 1.54) is 10.6 Å². The molecule has 9 heteroatoms. The Morgan fingerprint density at radius 2 is 2.17 bits per heavy atom. The number of nitrogens with zero attached hydrogens (tertiary/aromatic N) is 1. The van der Waals surface area contributed by atoms with Crippen molar-refractivity contribution in [3.05, 3.63) is 14.5 Å². The van der Waals surface area contributed by atoms with E-state index in [9.17, 15) is 13.2 Å². The number of alkyl halides is 3. The van der Waals surface area contributed by atoms with E-state index in [0.29, 0.717) is 6.04 Å². The lowest BCUT2D eigenvalue weighted by Gasteiger charge is -2.18. The van der Waals surface area contributed by atoms with Gasteiger partial charge in [-0.15, -0.1) is 11.3 Å². The van der Waals surface area contributed by atoms with Crippen molar-refractivity contribution in [2.75, 3.05) is 6.54 Å². The van der Waals surface area contributed by atoms with Crippen LogP contribution in [-0.4, -0.2) is 28.8 Å². The third-order valence-electron chi connectivity index (χ3n) is 2.15. The third kappa shape index (κ3) is 4.21. The van der Waals surface area contributed by atoms with Crippen LogP contribution in [-0.2, 0) is 11.2 Å². The molecule has 0 saturated heterocycles. The Kier molecular flexibility index (Phi) is 5.11. The molecule has 0 fully saturated rings. The molecule has 0 spiro atoms. The Bertz CT molecular complexity index is 436. The number of halogens is 4. The van der Waals surface area contributed by atoms with Crippen molar-refractivity contribution in [1.82, 2.24) is 10.3 Å². The van der Waals surface area contributed by atoms with Crippen LogP contribution in [0.2, 0.25) is 0 Å². The highest BCUT2D eigenvalue weighted by Gasteiger charge is 2.38. The number of carboxylic acids is 1. The summed E-state index contributed by atoms with van der Waals surface area (Å²) in [6.07, 6.45) is -4.01. The van der Waals surface area contributed by atoms with Crippen LogP contribution in [0.15, 0.2) is 3.92 Å². The van der Waals surface area contributed by atoms with Crippen LogP contribution < -0.4 is 5.32 Å². The molecule has 18 heavy (non-hydrogen) atoms. The van der Waals surface area contributed by atoms with Gasteiger partial charge in [-0.05, 0) is 22.9 Å². The summed E-state index contributed by atoms with van der Waals surface area (Å²) in [4.78, 5) is 14.7. The highest BCUT2D eigenvalue weighted by molar-refractivity contribution is 9.11. The third-order valence-corrected chi connectivity index (χ3v) is 3.88. The van der Waals surface area contributed by atoms with Crippen LogP contribution >= 0.6 is 27.3 Å². The fourth-order valence-electron chi connectivity index (χ4n) is 1.35. The zero-order chi connectivity index (χ0) is 13.9. The Balaban J connectivity index is 0.000000203. The molecule has 0 aliphatic carbocycles. The summed E-state index contributed by atoms with van der Waals surface area (Å²) in [5.74, 6) is -2.76. The minimum absolute atomic E-state index is 0.488. The number of aliphatic carboxylic acids is 1. The van der Waals surface area contributed by atoms with Crippen molar-refractivity contribution in [2.24, 2.45) is 0 Å². The molecule has 2 N–H and O–H groups in total. The Labute approximate surface area is 113 Å². The molecular weight excluding hydrogens is 337 g/mol. The Morgan fingerprint density at radius 1 is 1.61 bits per heavy atom. The summed E-state index contributed by atoms with van der Waals surface area (Å²) >= 11 is 5.14. The first-order valence-electron chi connectivity index (χ1n) is 4.90. The molecule has 0 amide bonds. The highest BCUT2D eigenvalue weighted by Crippen LogP contribution is 2.30. The molecule has 0 bridgehead atoms. The van der Waals surface area contributed by atoms with Gasteiger partial charge in [-0.2, -0.15) is 13.2 Å². The Morgan fingerprint density at radius 3 is 2.61 bits per heavy atom. The maximum absolute atomic E-state index is 10.6. The van der Waals surface area contributed by atoms with E-state index in [2.05, 4.69) is 33.2 Å². The van der Waals surface area contributed by atoms with Gasteiger partial charge in [0, 0.05) is 23.9 Å². The van der Waals surface area contributed by atoms with Crippen LogP contribution in [0.1, 0.15) is 23.5 Å². The summed E-state index contributed by atoms with van der Waals surface area (Å²) in [5.41, 5.74) is 1.27. The average Bonchev–Trinajstić information content (AvgIpc) is 2.59. The van der Waals surface area contributed by atoms with Crippen LogP contribution in [0.5, 0.6) is 0 Å². The van der Waals surface area contributed by atoms with Gasteiger partial charge in [0.25, 0.3) is 0 Å². The van der Waals surface area contributed by atoms with Gasteiger partial charge in [-0.3, -0.25) is 0 Å². The first-order chi connectivity index (χ1) is 8.21. The van der Waals surface area contributed by atoms with Gasteiger partial charge >= 0.3 is 12.1 Å². The summed E-state index contributed by atoms with van der Waals surface area (Å²) in [6.45, 7) is 3.24.